The van der Waals surface area contributed by atoms with Crippen molar-refractivity contribution in [3.8, 4) is 11.4 Å². The number of hydrogen-bond acceptors (Lipinski definition) is 2. The summed E-state index contributed by atoms with van der Waals surface area (Å²) in [5, 5.41) is 0. The molecule has 2 rings (SSSR count). The summed E-state index contributed by atoms with van der Waals surface area (Å²) in [6.07, 6.45) is -0.824. The van der Waals surface area contributed by atoms with E-state index < -0.39 is 6.36 Å². The Balaban J connectivity index is 2.07. The molecule has 0 spiro atoms. The average Bonchev–Trinajstić information content (AvgIpc) is 2.86. The van der Waals surface area contributed by atoms with Crippen molar-refractivity contribution in [1.29, 1.82) is 0 Å². The molecule has 0 N–H and O–H groups in total. The number of benzene rings is 1. The molecule has 0 aliphatic heterocycles. The van der Waals surface area contributed by atoms with Gasteiger partial charge in [-0.2, -0.15) is 0 Å². The molecule has 1 aromatic heterocycles. The minimum absolute atomic E-state index is 0.211. The molecule has 1 heterocycles. The number of ether oxygens (including phenoxy) is 1. The Labute approximate surface area is 127 Å². The van der Waals surface area contributed by atoms with Crippen molar-refractivity contribution in [2.24, 2.45) is 0 Å². The standard InChI is InChI=1S/C16H19F3N2O/c1-20(2)11-3-5-13-6-4-12-21(13)14-7-9-15(10-8-14)22-16(17,18)19/h4,6-10,12H,3,5,11H2,1-2H3. The highest BCUT2D eigenvalue weighted by Crippen LogP contribution is 2.24. The van der Waals surface area contributed by atoms with Gasteiger partial charge >= 0.3 is 6.36 Å². The van der Waals surface area contributed by atoms with Crippen LogP contribution in [0.1, 0.15) is 12.1 Å². The van der Waals surface area contributed by atoms with E-state index in [9.17, 15) is 13.2 Å². The molecule has 0 saturated carbocycles. The second-order valence-corrected chi connectivity index (χ2v) is 5.32. The van der Waals surface area contributed by atoms with E-state index in [0.717, 1.165) is 30.8 Å². The average molecular weight is 312 g/mol. The summed E-state index contributed by atoms with van der Waals surface area (Å²) in [6, 6.07) is 9.85. The molecule has 0 amide bonds. The van der Waals surface area contributed by atoms with Crippen molar-refractivity contribution in [2.75, 3.05) is 20.6 Å². The summed E-state index contributed by atoms with van der Waals surface area (Å²) in [4.78, 5) is 2.12. The van der Waals surface area contributed by atoms with Crippen molar-refractivity contribution in [3.05, 3.63) is 48.3 Å². The maximum Gasteiger partial charge on any atom is 0.573 e. The SMILES string of the molecule is CN(C)CCCc1cccn1-c1ccc(OC(F)(F)F)cc1. The number of aromatic nitrogens is 1. The van der Waals surface area contributed by atoms with Crippen LogP contribution in [0.15, 0.2) is 42.6 Å². The van der Waals surface area contributed by atoms with Crippen LogP contribution in [-0.4, -0.2) is 36.5 Å². The van der Waals surface area contributed by atoms with E-state index >= 15 is 0 Å². The molecule has 120 valence electrons. The highest BCUT2D eigenvalue weighted by molar-refractivity contribution is 5.39. The first-order valence-corrected chi connectivity index (χ1v) is 7.02. The molecule has 0 unspecified atom stereocenters. The molecule has 0 atom stereocenters. The molecule has 0 saturated heterocycles. The van der Waals surface area contributed by atoms with E-state index in [1.165, 1.54) is 12.1 Å². The second-order valence-electron chi connectivity index (χ2n) is 5.32. The maximum atomic E-state index is 12.2. The van der Waals surface area contributed by atoms with Gasteiger partial charge in [-0.25, -0.2) is 0 Å². The molecular weight excluding hydrogens is 293 g/mol. The molecule has 6 heteroatoms. The molecule has 0 aliphatic carbocycles. The molecule has 22 heavy (non-hydrogen) atoms. The third kappa shape index (κ3) is 4.80. The number of alkyl halides is 3. The van der Waals surface area contributed by atoms with Crippen molar-refractivity contribution >= 4 is 0 Å². The van der Waals surface area contributed by atoms with Gasteiger partial charge in [0.1, 0.15) is 5.75 Å². The first kappa shape index (κ1) is 16.4. The summed E-state index contributed by atoms with van der Waals surface area (Å²) in [7, 11) is 4.05. The molecule has 3 nitrogen and oxygen atoms in total. The minimum atomic E-state index is -4.66. The monoisotopic (exact) mass is 312 g/mol. The summed E-state index contributed by atoms with van der Waals surface area (Å²) in [5.41, 5.74) is 1.95. The molecule has 0 bridgehead atoms. The largest absolute Gasteiger partial charge is 0.573 e. The summed E-state index contributed by atoms with van der Waals surface area (Å²) >= 11 is 0. The summed E-state index contributed by atoms with van der Waals surface area (Å²) in [5.74, 6) is -0.211. The topological polar surface area (TPSA) is 17.4 Å². The lowest BCUT2D eigenvalue weighted by Gasteiger charge is -2.13. The Morgan fingerprint density at radius 2 is 1.77 bits per heavy atom. The van der Waals surface area contributed by atoms with Crippen molar-refractivity contribution < 1.29 is 17.9 Å². The van der Waals surface area contributed by atoms with Gasteiger partial charge in [-0.05, 0) is 69.9 Å². The van der Waals surface area contributed by atoms with Gasteiger partial charge in [-0.15, -0.1) is 13.2 Å². The van der Waals surface area contributed by atoms with E-state index in [4.69, 9.17) is 0 Å². The van der Waals surface area contributed by atoms with E-state index in [1.54, 1.807) is 12.1 Å². The van der Waals surface area contributed by atoms with E-state index in [1.807, 2.05) is 37.0 Å². The number of aryl methyl sites for hydroxylation is 1. The van der Waals surface area contributed by atoms with Crippen LogP contribution in [0, 0.1) is 0 Å². The van der Waals surface area contributed by atoms with Crippen LogP contribution in [0.4, 0.5) is 13.2 Å². The van der Waals surface area contributed by atoms with Gasteiger partial charge in [-0.3, -0.25) is 0 Å². The third-order valence-corrected chi connectivity index (χ3v) is 3.22. The zero-order valence-corrected chi connectivity index (χ0v) is 12.6. The van der Waals surface area contributed by atoms with Gasteiger partial charge in [-0.1, -0.05) is 0 Å². The maximum absolute atomic E-state index is 12.2. The van der Waals surface area contributed by atoms with Gasteiger partial charge in [0.05, 0.1) is 0 Å². The zero-order valence-electron chi connectivity index (χ0n) is 12.6. The van der Waals surface area contributed by atoms with Crippen molar-refractivity contribution in [2.45, 2.75) is 19.2 Å². The summed E-state index contributed by atoms with van der Waals surface area (Å²) in [6.45, 7) is 0.990. The fraction of sp³-hybridized carbons (Fsp3) is 0.375. The van der Waals surface area contributed by atoms with Crippen LogP contribution in [0.2, 0.25) is 0 Å². The Hall–Kier alpha value is -1.95. The Kier molecular flexibility index (Phi) is 5.13. The van der Waals surface area contributed by atoms with Gasteiger partial charge in [0.2, 0.25) is 0 Å². The van der Waals surface area contributed by atoms with Crippen LogP contribution in [-0.2, 0) is 6.42 Å². The van der Waals surface area contributed by atoms with Gasteiger partial charge in [0.15, 0.2) is 0 Å². The van der Waals surface area contributed by atoms with Gasteiger partial charge in [0, 0.05) is 17.6 Å². The number of nitrogens with zero attached hydrogens (tertiary/aromatic N) is 2. The normalized spacial score (nSPS) is 11.9. The van der Waals surface area contributed by atoms with E-state index in [-0.39, 0.29) is 5.75 Å². The predicted octanol–water partition coefficient (Wildman–Crippen LogP) is 3.87. The van der Waals surface area contributed by atoms with Crippen LogP contribution < -0.4 is 4.74 Å². The lowest BCUT2D eigenvalue weighted by atomic mass is 10.2. The van der Waals surface area contributed by atoms with Crippen LogP contribution in [0.5, 0.6) is 5.75 Å². The highest BCUT2D eigenvalue weighted by Gasteiger charge is 2.30. The Morgan fingerprint density at radius 3 is 2.36 bits per heavy atom. The number of halogens is 3. The molecule has 2 aromatic rings. The van der Waals surface area contributed by atoms with Gasteiger partial charge in [0.25, 0.3) is 0 Å². The summed E-state index contributed by atoms with van der Waals surface area (Å²) < 4.78 is 42.3. The van der Waals surface area contributed by atoms with E-state index in [0.29, 0.717) is 0 Å². The Morgan fingerprint density at radius 1 is 1.09 bits per heavy atom. The minimum Gasteiger partial charge on any atom is -0.406 e. The number of hydrogen-bond donors (Lipinski definition) is 0. The molecule has 0 fully saturated rings. The second kappa shape index (κ2) is 6.87. The molecule has 0 radical (unpaired) electrons. The van der Waals surface area contributed by atoms with Crippen LogP contribution in [0.25, 0.3) is 5.69 Å². The Bertz CT molecular complexity index is 588. The first-order valence-electron chi connectivity index (χ1n) is 7.02. The molecular formula is C16H19F3N2O. The number of rotatable bonds is 6. The van der Waals surface area contributed by atoms with Gasteiger partial charge < -0.3 is 14.2 Å². The third-order valence-electron chi connectivity index (χ3n) is 3.22. The van der Waals surface area contributed by atoms with Crippen LogP contribution >= 0.6 is 0 Å². The van der Waals surface area contributed by atoms with Crippen molar-refractivity contribution in [1.82, 2.24) is 9.47 Å². The smallest absolute Gasteiger partial charge is 0.406 e. The highest BCUT2D eigenvalue weighted by atomic mass is 19.4. The molecule has 0 aliphatic rings. The lowest BCUT2D eigenvalue weighted by Crippen LogP contribution is -2.17. The molecule has 1 aromatic carbocycles. The van der Waals surface area contributed by atoms with Crippen LogP contribution in [0.3, 0.4) is 0 Å². The van der Waals surface area contributed by atoms with Crippen molar-refractivity contribution in [3.63, 3.8) is 0 Å². The fourth-order valence-corrected chi connectivity index (χ4v) is 2.26. The fourth-order valence-electron chi connectivity index (χ4n) is 2.26. The first-order chi connectivity index (χ1) is 10.3. The van der Waals surface area contributed by atoms with E-state index in [2.05, 4.69) is 9.64 Å². The quantitative estimate of drug-likeness (QED) is 0.805. The predicted molar refractivity (Wildman–Crippen MR) is 79.3 cm³/mol. The lowest BCUT2D eigenvalue weighted by molar-refractivity contribution is -0.274. The zero-order chi connectivity index (χ0) is 16.2.